The van der Waals surface area contributed by atoms with Gasteiger partial charge in [0.25, 0.3) is 0 Å². The Bertz CT molecular complexity index is 1140. The van der Waals surface area contributed by atoms with E-state index in [-0.39, 0.29) is 43.3 Å². The number of esters is 1. The second kappa shape index (κ2) is 10.6. The van der Waals surface area contributed by atoms with Crippen LogP contribution in [0.15, 0.2) is 47.4 Å². The Morgan fingerprint density at radius 1 is 1.06 bits per heavy atom. The predicted octanol–water partition coefficient (Wildman–Crippen LogP) is 2.23. The van der Waals surface area contributed by atoms with E-state index in [9.17, 15) is 27.2 Å². The molecule has 0 aromatic heterocycles. The maximum Gasteiger partial charge on any atom is 0.338 e. The number of hydrogen-bond donors (Lipinski definition) is 1. The summed E-state index contributed by atoms with van der Waals surface area (Å²) in [7, 11) is -4.16. The molecule has 0 spiro atoms. The third-order valence-corrected chi connectivity index (χ3v) is 6.81. The molecular weight excluding hydrogens is 455 g/mol. The van der Waals surface area contributed by atoms with E-state index >= 15 is 0 Å². The van der Waals surface area contributed by atoms with Crippen LogP contribution in [0.1, 0.15) is 34.1 Å². The number of halogens is 1. The highest BCUT2D eigenvalue weighted by Crippen LogP contribution is 2.22. The zero-order valence-electron chi connectivity index (χ0n) is 17.9. The van der Waals surface area contributed by atoms with Crippen molar-refractivity contribution in [2.75, 3.05) is 38.2 Å². The summed E-state index contributed by atoms with van der Waals surface area (Å²) in [4.78, 5) is 35.5. The maximum absolute atomic E-state index is 14.3. The van der Waals surface area contributed by atoms with Crippen molar-refractivity contribution in [1.82, 2.24) is 4.31 Å². The lowest BCUT2D eigenvalue weighted by molar-refractivity contribution is -0.115. The fraction of sp³-hybridized carbons (Fsp3) is 0.318. The highest BCUT2D eigenvalue weighted by Gasteiger charge is 2.30. The molecule has 1 saturated heterocycles. The average Bonchev–Trinajstić information content (AvgIpc) is 2.83. The molecule has 33 heavy (non-hydrogen) atoms. The molecule has 9 nitrogen and oxygen atoms in total. The number of anilines is 1. The minimum atomic E-state index is -4.16. The van der Waals surface area contributed by atoms with Gasteiger partial charge in [-0.15, -0.1) is 0 Å². The molecule has 0 unspecified atom stereocenters. The molecule has 0 atom stereocenters. The van der Waals surface area contributed by atoms with E-state index in [1.807, 2.05) is 0 Å². The number of sulfonamides is 1. The van der Waals surface area contributed by atoms with Gasteiger partial charge in [0, 0.05) is 30.8 Å². The first-order valence-electron chi connectivity index (χ1n) is 10.2. The minimum Gasteiger partial charge on any atom is -0.454 e. The van der Waals surface area contributed by atoms with Gasteiger partial charge in [-0.1, -0.05) is 6.92 Å². The number of hydrogen-bond acceptors (Lipinski definition) is 7. The molecule has 1 amide bonds. The number of nitrogens with one attached hydrogen (secondary N) is 1. The van der Waals surface area contributed by atoms with Crippen LogP contribution in [0.2, 0.25) is 0 Å². The minimum absolute atomic E-state index is 0.0753. The Morgan fingerprint density at radius 3 is 2.33 bits per heavy atom. The number of ketones is 1. The van der Waals surface area contributed by atoms with Crippen LogP contribution in [-0.2, 0) is 24.3 Å². The van der Waals surface area contributed by atoms with E-state index in [0.29, 0.717) is 12.1 Å². The van der Waals surface area contributed by atoms with E-state index in [1.165, 1.54) is 12.1 Å². The molecule has 3 rings (SSSR count). The van der Waals surface area contributed by atoms with E-state index < -0.39 is 39.1 Å². The first kappa shape index (κ1) is 24.5. The Hall–Kier alpha value is -3.15. The van der Waals surface area contributed by atoms with Gasteiger partial charge < -0.3 is 14.8 Å². The molecule has 1 heterocycles. The number of carbonyl (C=O) groups is 3. The summed E-state index contributed by atoms with van der Waals surface area (Å²) >= 11 is 0. The molecule has 1 aliphatic rings. The first-order valence-corrected chi connectivity index (χ1v) is 11.6. The highest BCUT2D eigenvalue weighted by molar-refractivity contribution is 7.89. The van der Waals surface area contributed by atoms with Crippen molar-refractivity contribution in [1.29, 1.82) is 0 Å². The number of benzene rings is 2. The van der Waals surface area contributed by atoms with Gasteiger partial charge in [0.1, 0.15) is 10.7 Å². The van der Waals surface area contributed by atoms with Crippen LogP contribution in [0, 0.1) is 5.82 Å². The Balaban J connectivity index is 1.66. The van der Waals surface area contributed by atoms with E-state index in [1.54, 1.807) is 19.1 Å². The molecule has 1 aliphatic heterocycles. The zero-order chi connectivity index (χ0) is 24.0. The van der Waals surface area contributed by atoms with Gasteiger partial charge in [-0.25, -0.2) is 17.6 Å². The number of rotatable bonds is 8. The molecule has 176 valence electrons. The summed E-state index contributed by atoms with van der Waals surface area (Å²) in [5.41, 5.74) is 0.580. The molecule has 1 N–H and O–H groups in total. The largest absolute Gasteiger partial charge is 0.454 e. The average molecular weight is 478 g/mol. The summed E-state index contributed by atoms with van der Waals surface area (Å²) in [5, 5.41) is 2.65. The molecular formula is C22H23FN2O7S. The SMILES string of the molecule is CCC(=O)Nc1ccc(C(=O)COC(=O)c2ccc(F)c(S(=O)(=O)N3CCOCC3)c2)cc1. The van der Waals surface area contributed by atoms with Crippen molar-refractivity contribution in [2.24, 2.45) is 0 Å². The van der Waals surface area contributed by atoms with Crippen molar-refractivity contribution in [3.63, 3.8) is 0 Å². The Kier molecular flexibility index (Phi) is 7.90. The summed E-state index contributed by atoms with van der Waals surface area (Å²) in [5.74, 6) is -2.63. The molecule has 0 aliphatic carbocycles. The standard InChI is InChI=1S/C22H23FN2O7S/c1-2-21(27)24-17-6-3-15(4-7-17)19(26)14-32-22(28)16-5-8-18(23)20(13-16)33(29,30)25-9-11-31-12-10-25/h3-8,13H,2,9-12,14H2,1H3,(H,24,27). The van der Waals surface area contributed by atoms with Crippen molar-refractivity contribution in [3.8, 4) is 0 Å². The van der Waals surface area contributed by atoms with Crippen LogP contribution < -0.4 is 5.32 Å². The van der Waals surface area contributed by atoms with Gasteiger partial charge in [-0.3, -0.25) is 9.59 Å². The first-order chi connectivity index (χ1) is 15.7. The van der Waals surface area contributed by atoms with Gasteiger partial charge in [-0.2, -0.15) is 4.31 Å². The smallest absolute Gasteiger partial charge is 0.338 e. The summed E-state index contributed by atoms with van der Waals surface area (Å²) < 4.78 is 51.0. The number of Topliss-reactive ketones (excluding diaryl/α,β-unsaturated/α-hetero) is 1. The van der Waals surface area contributed by atoms with Crippen LogP contribution in [0.3, 0.4) is 0 Å². The monoisotopic (exact) mass is 478 g/mol. The van der Waals surface area contributed by atoms with Crippen LogP contribution in [0.5, 0.6) is 0 Å². The number of nitrogens with zero attached hydrogens (tertiary/aromatic N) is 1. The van der Waals surface area contributed by atoms with Gasteiger partial charge in [0.2, 0.25) is 15.9 Å². The highest BCUT2D eigenvalue weighted by atomic mass is 32.2. The van der Waals surface area contributed by atoms with Gasteiger partial charge in [0.15, 0.2) is 12.4 Å². The van der Waals surface area contributed by atoms with Crippen molar-refractivity contribution >= 4 is 33.4 Å². The number of morpholine rings is 1. The molecule has 0 bridgehead atoms. The molecule has 11 heteroatoms. The number of amides is 1. The second-order valence-corrected chi connectivity index (χ2v) is 9.05. The number of carbonyl (C=O) groups excluding carboxylic acids is 3. The van der Waals surface area contributed by atoms with Crippen molar-refractivity contribution < 1.29 is 36.7 Å². The lowest BCUT2D eigenvalue weighted by Gasteiger charge is -2.26. The van der Waals surface area contributed by atoms with Gasteiger partial charge in [0.05, 0.1) is 18.8 Å². The topological polar surface area (TPSA) is 119 Å². The maximum atomic E-state index is 14.3. The van der Waals surface area contributed by atoms with Crippen LogP contribution in [-0.4, -0.2) is 63.3 Å². The van der Waals surface area contributed by atoms with Crippen LogP contribution >= 0.6 is 0 Å². The lowest BCUT2D eigenvalue weighted by atomic mass is 10.1. The van der Waals surface area contributed by atoms with Crippen molar-refractivity contribution in [2.45, 2.75) is 18.2 Å². The van der Waals surface area contributed by atoms with Gasteiger partial charge >= 0.3 is 5.97 Å². The lowest BCUT2D eigenvalue weighted by Crippen LogP contribution is -2.41. The molecule has 2 aromatic carbocycles. The van der Waals surface area contributed by atoms with E-state index in [4.69, 9.17) is 9.47 Å². The van der Waals surface area contributed by atoms with Gasteiger partial charge in [-0.05, 0) is 42.5 Å². The summed E-state index contributed by atoms with van der Waals surface area (Å²) in [6, 6.07) is 8.91. The predicted molar refractivity (Wildman–Crippen MR) is 116 cm³/mol. The summed E-state index contributed by atoms with van der Waals surface area (Å²) in [6.07, 6.45) is 0.315. The third kappa shape index (κ3) is 6.01. The Morgan fingerprint density at radius 2 is 1.70 bits per heavy atom. The quantitative estimate of drug-likeness (QED) is 0.456. The number of ether oxygens (including phenoxy) is 2. The van der Waals surface area contributed by atoms with Crippen LogP contribution in [0.4, 0.5) is 10.1 Å². The van der Waals surface area contributed by atoms with Crippen LogP contribution in [0.25, 0.3) is 0 Å². The Labute approximate surface area is 190 Å². The third-order valence-electron chi connectivity index (χ3n) is 4.90. The normalized spacial score (nSPS) is 14.5. The molecule has 0 radical (unpaired) electrons. The molecule has 1 fully saturated rings. The fourth-order valence-corrected chi connectivity index (χ4v) is 4.54. The fourth-order valence-electron chi connectivity index (χ4n) is 3.04. The summed E-state index contributed by atoms with van der Waals surface area (Å²) in [6.45, 7) is 1.65. The van der Waals surface area contributed by atoms with E-state index in [2.05, 4.69) is 5.32 Å². The molecule has 0 saturated carbocycles. The van der Waals surface area contributed by atoms with Crippen molar-refractivity contribution in [3.05, 3.63) is 59.4 Å². The zero-order valence-corrected chi connectivity index (χ0v) is 18.7. The second-order valence-electron chi connectivity index (χ2n) is 7.14. The molecule has 2 aromatic rings. The van der Waals surface area contributed by atoms with E-state index in [0.717, 1.165) is 22.5 Å².